The van der Waals surface area contributed by atoms with Gasteiger partial charge in [-0.15, -0.1) is 0 Å². The molecule has 0 saturated carbocycles. The van der Waals surface area contributed by atoms with E-state index in [1.165, 1.54) is 19.9 Å². The van der Waals surface area contributed by atoms with Gasteiger partial charge in [-0.1, -0.05) is 20.8 Å². The first-order valence-corrected chi connectivity index (χ1v) is 5.02. The summed E-state index contributed by atoms with van der Waals surface area (Å²) in [7, 11) is 0. The number of pyridine rings is 1. The van der Waals surface area contributed by atoms with Crippen LogP contribution in [-0.2, 0) is 11.0 Å². The lowest BCUT2D eigenvalue weighted by Crippen LogP contribution is -2.23. The van der Waals surface area contributed by atoms with E-state index in [0.717, 1.165) is 5.69 Å². The van der Waals surface area contributed by atoms with E-state index >= 15 is 0 Å². The minimum atomic E-state index is -1.24. The maximum absolute atomic E-state index is 13.4. The SMILES string of the molecule is CC(C)(C)c1ccc(F)c(C(C)(C)O)n1. The van der Waals surface area contributed by atoms with Crippen LogP contribution in [0.15, 0.2) is 12.1 Å². The molecule has 0 radical (unpaired) electrons. The topological polar surface area (TPSA) is 33.1 Å². The molecule has 1 aromatic rings. The van der Waals surface area contributed by atoms with Crippen molar-refractivity contribution in [3.05, 3.63) is 29.3 Å². The Morgan fingerprint density at radius 1 is 1.13 bits per heavy atom. The van der Waals surface area contributed by atoms with E-state index in [1.54, 1.807) is 6.07 Å². The van der Waals surface area contributed by atoms with Crippen molar-refractivity contribution in [1.82, 2.24) is 4.98 Å². The molecule has 15 heavy (non-hydrogen) atoms. The predicted molar refractivity (Wildman–Crippen MR) is 58.1 cm³/mol. The normalized spacial score (nSPS) is 13.0. The van der Waals surface area contributed by atoms with Crippen LogP contribution in [0.4, 0.5) is 4.39 Å². The second-order valence-corrected chi connectivity index (χ2v) is 5.34. The first-order valence-electron chi connectivity index (χ1n) is 5.02. The number of halogens is 1. The molecule has 1 N–H and O–H groups in total. The minimum Gasteiger partial charge on any atom is -0.384 e. The first kappa shape index (κ1) is 12.1. The van der Waals surface area contributed by atoms with Crippen molar-refractivity contribution in [3.63, 3.8) is 0 Å². The van der Waals surface area contributed by atoms with Gasteiger partial charge >= 0.3 is 0 Å². The van der Waals surface area contributed by atoms with E-state index in [-0.39, 0.29) is 11.1 Å². The third-order valence-electron chi connectivity index (χ3n) is 2.19. The maximum Gasteiger partial charge on any atom is 0.147 e. The van der Waals surface area contributed by atoms with E-state index in [4.69, 9.17) is 0 Å². The fourth-order valence-electron chi connectivity index (χ4n) is 1.29. The summed E-state index contributed by atoms with van der Waals surface area (Å²) in [6.45, 7) is 9.07. The number of rotatable bonds is 1. The van der Waals surface area contributed by atoms with Crippen molar-refractivity contribution in [2.24, 2.45) is 0 Å². The van der Waals surface area contributed by atoms with Gasteiger partial charge in [-0.25, -0.2) is 4.39 Å². The van der Waals surface area contributed by atoms with Gasteiger partial charge in [0.2, 0.25) is 0 Å². The molecule has 0 aromatic carbocycles. The van der Waals surface area contributed by atoms with Gasteiger partial charge in [0, 0.05) is 11.1 Å². The molecule has 0 atom stereocenters. The summed E-state index contributed by atoms with van der Waals surface area (Å²) >= 11 is 0. The lowest BCUT2D eigenvalue weighted by atomic mass is 9.90. The lowest BCUT2D eigenvalue weighted by Gasteiger charge is -2.23. The standard InChI is InChI=1S/C12H18FNO/c1-11(2,3)9-7-6-8(13)10(14-9)12(4,5)15/h6-7,15H,1-5H3. The number of hydrogen-bond donors (Lipinski definition) is 1. The largest absolute Gasteiger partial charge is 0.384 e. The van der Waals surface area contributed by atoms with Gasteiger partial charge in [-0.05, 0) is 26.0 Å². The highest BCUT2D eigenvalue weighted by molar-refractivity contribution is 5.22. The fraction of sp³-hybridized carbons (Fsp3) is 0.583. The van der Waals surface area contributed by atoms with Crippen molar-refractivity contribution in [3.8, 4) is 0 Å². The van der Waals surface area contributed by atoms with Crippen molar-refractivity contribution >= 4 is 0 Å². The van der Waals surface area contributed by atoms with E-state index in [9.17, 15) is 9.50 Å². The van der Waals surface area contributed by atoms with Gasteiger partial charge in [0.15, 0.2) is 0 Å². The number of nitrogens with zero attached hydrogens (tertiary/aromatic N) is 1. The van der Waals surface area contributed by atoms with Crippen LogP contribution in [0.1, 0.15) is 46.0 Å². The Bertz CT molecular complexity index is 361. The molecule has 0 unspecified atom stereocenters. The average molecular weight is 211 g/mol. The zero-order chi connectivity index (χ0) is 11.9. The molecule has 0 aliphatic heterocycles. The summed E-state index contributed by atoms with van der Waals surface area (Å²) < 4.78 is 13.4. The quantitative estimate of drug-likeness (QED) is 0.774. The fourth-order valence-corrected chi connectivity index (χ4v) is 1.29. The molecule has 3 heteroatoms. The van der Waals surface area contributed by atoms with Gasteiger partial charge in [0.1, 0.15) is 17.1 Å². The number of aromatic nitrogens is 1. The molecule has 0 saturated heterocycles. The van der Waals surface area contributed by atoms with Gasteiger partial charge in [0.05, 0.1) is 0 Å². The monoisotopic (exact) mass is 211 g/mol. The maximum atomic E-state index is 13.4. The van der Waals surface area contributed by atoms with Gasteiger partial charge in [-0.3, -0.25) is 4.98 Å². The van der Waals surface area contributed by atoms with Crippen molar-refractivity contribution in [2.75, 3.05) is 0 Å². The molecule has 2 nitrogen and oxygen atoms in total. The summed E-state index contributed by atoms with van der Waals surface area (Å²) in [4.78, 5) is 4.19. The average Bonchev–Trinajstić information content (AvgIpc) is 2.00. The molecule has 1 rings (SSSR count). The number of hydrogen-bond acceptors (Lipinski definition) is 2. The summed E-state index contributed by atoms with van der Waals surface area (Å²) in [6, 6.07) is 3.02. The van der Waals surface area contributed by atoms with Crippen LogP contribution in [0, 0.1) is 5.82 Å². The first-order chi connectivity index (χ1) is 6.62. The molecule has 1 heterocycles. The van der Waals surface area contributed by atoms with Crippen molar-refractivity contribution < 1.29 is 9.50 Å². The van der Waals surface area contributed by atoms with Gasteiger partial charge in [0.25, 0.3) is 0 Å². The molecule has 1 aromatic heterocycles. The third kappa shape index (κ3) is 2.75. The predicted octanol–water partition coefficient (Wildman–Crippen LogP) is 2.75. The second-order valence-electron chi connectivity index (χ2n) is 5.34. The number of aliphatic hydroxyl groups is 1. The van der Waals surface area contributed by atoms with E-state index in [2.05, 4.69) is 4.98 Å². The van der Waals surface area contributed by atoms with E-state index < -0.39 is 11.4 Å². The summed E-state index contributed by atoms with van der Waals surface area (Å²) in [6.07, 6.45) is 0. The molecular formula is C12H18FNO. The van der Waals surface area contributed by atoms with Crippen LogP contribution in [0.5, 0.6) is 0 Å². The van der Waals surface area contributed by atoms with Crippen LogP contribution in [-0.4, -0.2) is 10.1 Å². The lowest BCUT2D eigenvalue weighted by molar-refractivity contribution is 0.0690. The van der Waals surface area contributed by atoms with Crippen LogP contribution in [0.3, 0.4) is 0 Å². The molecular weight excluding hydrogens is 193 g/mol. The van der Waals surface area contributed by atoms with Crippen molar-refractivity contribution in [1.29, 1.82) is 0 Å². The summed E-state index contributed by atoms with van der Waals surface area (Å²) in [5.41, 5.74) is -0.505. The Kier molecular flexibility index (Phi) is 2.88. The molecule has 0 aliphatic carbocycles. The Hall–Kier alpha value is -0.960. The minimum absolute atomic E-state index is 0.106. The molecule has 0 aliphatic rings. The molecule has 0 amide bonds. The zero-order valence-electron chi connectivity index (χ0n) is 9.93. The van der Waals surface area contributed by atoms with Crippen molar-refractivity contribution in [2.45, 2.75) is 45.6 Å². The Morgan fingerprint density at radius 3 is 2.07 bits per heavy atom. The molecule has 0 fully saturated rings. The highest BCUT2D eigenvalue weighted by Crippen LogP contribution is 2.26. The molecule has 84 valence electrons. The third-order valence-corrected chi connectivity index (χ3v) is 2.19. The van der Waals surface area contributed by atoms with Crippen LogP contribution < -0.4 is 0 Å². The highest BCUT2D eigenvalue weighted by atomic mass is 19.1. The smallest absolute Gasteiger partial charge is 0.147 e. The summed E-state index contributed by atoms with van der Waals surface area (Å²) in [5.74, 6) is -0.462. The Balaban J connectivity index is 3.30. The summed E-state index contributed by atoms with van der Waals surface area (Å²) in [5, 5.41) is 9.76. The zero-order valence-corrected chi connectivity index (χ0v) is 9.93. The van der Waals surface area contributed by atoms with Crippen LogP contribution >= 0.6 is 0 Å². The molecule has 0 spiro atoms. The van der Waals surface area contributed by atoms with E-state index in [1.807, 2.05) is 20.8 Å². The van der Waals surface area contributed by atoms with Crippen LogP contribution in [0.25, 0.3) is 0 Å². The second kappa shape index (κ2) is 3.56. The highest BCUT2D eigenvalue weighted by Gasteiger charge is 2.25. The molecule has 0 bridgehead atoms. The van der Waals surface area contributed by atoms with Gasteiger partial charge in [-0.2, -0.15) is 0 Å². The Labute approximate surface area is 90.2 Å². The Morgan fingerprint density at radius 2 is 1.67 bits per heavy atom. The van der Waals surface area contributed by atoms with Crippen LogP contribution in [0.2, 0.25) is 0 Å². The van der Waals surface area contributed by atoms with Gasteiger partial charge < -0.3 is 5.11 Å². The van der Waals surface area contributed by atoms with E-state index in [0.29, 0.717) is 0 Å².